The van der Waals surface area contributed by atoms with E-state index in [0.29, 0.717) is 5.82 Å². The molecule has 4 heterocycles. The van der Waals surface area contributed by atoms with Crippen LogP contribution in [0.15, 0.2) is 91.8 Å². The third kappa shape index (κ3) is 3.67. The molecule has 0 amide bonds. The molecule has 4 aromatic rings. The quantitative estimate of drug-likeness (QED) is 0.590. The molecular formula is C22H19N5. The molecule has 27 heavy (non-hydrogen) atoms. The lowest BCUT2D eigenvalue weighted by molar-refractivity contribution is 0.668. The average Bonchev–Trinajstić information content (AvgIpc) is 2.74. The highest BCUT2D eigenvalue weighted by Crippen LogP contribution is 2.41. The first kappa shape index (κ1) is 16.8. The van der Waals surface area contributed by atoms with Crippen molar-refractivity contribution < 1.29 is 0 Å². The van der Waals surface area contributed by atoms with Crippen LogP contribution in [0.2, 0.25) is 0 Å². The van der Waals surface area contributed by atoms with Crippen molar-refractivity contribution in [2.45, 2.75) is 11.8 Å². The second-order valence-corrected chi connectivity index (χ2v) is 6.30. The molecule has 0 bridgehead atoms. The molecule has 0 fully saturated rings. The Balaban J connectivity index is 1.94. The summed E-state index contributed by atoms with van der Waals surface area (Å²) >= 11 is 0. The number of nitrogens with zero attached hydrogens (tertiary/aromatic N) is 4. The fourth-order valence-corrected chi connectivity index (χ4v) is 3.43. The van der Waals surface area contributed by atoms with E-state index in [9.17, 15) is 0 Å². The van der Waals surface area contributed by atoms with Gasteiger partial charge in [0.25, 0.3) is 0 Å². The largest absolute Gasteiger partial charge is 0.384 e. The second kappa shape index (κ2) is 7.74. The predicted molar refractivity (Wildman–Crippen MR) is 105 cm³/mol. The van der Waals surface area contributed by atoms with Gasteiger partial charge in [-0.3, -0.25) is 15.0 Å². The molecule has 0 aliphatic rings. The first-order valence-electron chi connectivity index (χ1n) is 8.75. The van der Waals surface area contributed by atoms with Crippen LogP contribution >= 0.6 is 0 Å². The van der Waals surface area contributed by atoms with Crippen LogP contribution in [-0.4, -0.2) is 19.9 Å². The second-order valence-electron chi connectivity index (χ2n) is 6.30. The topological polar surface area (TPSA) is 77.6 Å². The van der Waals surface area contributed by atoms with E-state index in [1.807, 2.05) is 48.9 Å². The molecule has 2 N–H and O–H groups in total. The highest BCUT2D eigenvalue weighted by molar-refractivity contribution is 5.42. The zero-order valence-corrected chi connectivity index (χ0v) is 14.7. The Morgan fingerprint density at radius 2 is 1.11 bits per heavy atom. The molecule has 0 aliphatic carbocycles. The lowest BCUT2D eigenvalue weighted by atomic mass is 9.76. The van der Waals surface area contributed by atoms with Crippen molar-refractivity contribution in [3.05, 3.63) is 114 Å². The summed E-state index contributed by atoms with van der Waals surface area (Å²) in [4.78, 5) is 17.6. The van der Waals surface area contributed by atoms with Gasteiger partial charge in [0.2, 0.25) is 0 Å². The number of aromatic nitrogens is 4. The fraction of sp³-hybridized carbons (Fsp3) is 0.0909. The molecule has 5 heteroatoms. The first-order chi connectivity index (χ1) is 13.3. The van der Waals surface area contributed by atoms with Crippen LogP contribution in [0, 0.1) is 0 Å². The SMILES string of the molecule is Nc1cccc(C(c2cccnc2)C(c2cccnc2)c2cccnc2)n1. The monoisotopic (exact) mass is 353 g/mol. The maximum atomic E-state index is 6.00. The number of hydrogen-bond donors (Lipinski definition) is 1. The highest BCUT2D eigenvalue weighted by Gasteiger charge is 2.30. The minimum Gasteiger partial charge on any atom is -0.384 e. The lowest BCUT2D eigenvalue weighted by Crippen LogP contribution is -2.17. The van der Waals surface area contributed by atoms with Gasteiger partial charge in [0, 0.05) is 49.0 Å². The zero-order valence-electron chi connectivity index (χ0n) is 14.7. The maximum absolute atomic E-state index is 6.00. The molecule has 4 aromatic heterocycles. The summed E-state index contributed by atoms with van der Waals surface area (Å²) in [6.45, 7) is 0. The minimum absolute atomic E-state index is 0.0223. The molecule has 1 atom stereocenters. The Kier molecular flexibility index (Phi) is 4.83. The van der Waals surface area contributed by atoms with Crippen molar-refractivity contribution in [2.24, 2.45) is 0 Å². The van der Waals surface area contributed by atoms with E-state index in [2.05, 4.69) is 38.1 Å². The summed E-state index contributed by atoms with van der Waals surface area (Å²) in [5.41, 5.74) is 10.1. The molecule has 5 nitrogen and oxygen atoms in total. The lowest BCUT2D eigenvalue weighted by Gasteiger charge is -2.28. The smallest absolute Gasteiger partial charge is 0.123 e. The number of anilines is 1. The van der Waals surface area contributed by atoms with E-state index >= 15 is 0 Å². The van der Waals surface area contributed by atoms with Gasteiger partial charge in [-0.25, -0.2) is 4.98 Å². The third-order valence-corrected chi connectivity index (χ3v) is 4.57. The molecule has 0 aromatic carbocycles. The third-order valence-electron chi connectivity index (χ3n) is 4.57. The Bertz CT molecular complexity index is 951. The van der Waals surface area contributed by atoms with Crippen LogP contribution in [0.4, 0.5) is 5.82 Å². The van der Waals surface area contributed by atoms with Gasteiger partial charge in [-0.2, -0.15) is 0 Å². The van der Waals surface area contributed by atoms with E-state index in [1.165, 1.54) is 0 Å². The molecule has 0 aliphatic heterocycles. The molecule has 0 saturated carbocycles. The van der Waals surface area contributed by atoms with Gasteiger partial charge in [-0.05, 0) is 47.0 Å². The molecule has 4 rings (SSSR count). The Morgan fingerprint density at radius 1 is 0.593 bits per heavy atom. The first-order valence-corrected chi connectivity index (χ1v) is 8.75. The number of nitrogen functional groups attached to an aromatic ring is 1. The highest BCUT2D eigenvalue weighted by atomic mass is 14.8. The number of nitrogens with two attached hydrogens (primary N) is 1. The van der Waals surface area contributed by atoms with Crippen LogP contribution in [0.3, 0.4) is 0 Å². The minimum atomic E-state index is -0.0735. The van der Waals surface area contributed by atoms with Gasteiger partial charge in [0.05, 0.1) is 5.69 Å². The van der Waals surface area contributed by atoms with Gasteiger partial charge < -0.3 is 5.73 Å². The van der Waals surface area contributed by atoms with Crippen LogP contribution < -0.4 is 5.73 Å². The van der Waals surface area contributed by atoms with Crippen molar-refractivity contribution in [2.75, 3.05) is 5.73 Å². The van der Waals surface area contributed by atoms with Crippen LogP contribution in [0.25, 0.3) is 0 Å². The Hall–Kier alpha value is -3.60. The Labute approximate surface area is 158 Å². The van der Waals surface area contributed by atoms with Crippen molar-refractivity contribution >= 4 is 5.82 Å². The summed E-state index contributed by atoms with van der Waals surface area (Å²) in [7, 11) is 0. The van der Waals surface area contributed by atoms with Crippen LogP contribution in [0.5, 0.6) is 0 Å². The standard InChI is InChI=1S/C22H19N5/c23-20-9-1-8-19(27-20)22(18-7-4-12-26-15-18)21(16-5-2-10-24-13-16)17-6-3-11-25-14-17/h1-15,21-22H,(H2,23,27). The number of hydrogen-bond acceptors (Lipinski definition) is 5. The van der Waals surface area contributed by atoms with Crippen LogP contribution in [-0.2, 0) is 0 Å². The van der Waals surface area contributed by atoms with Gasteiger partial charge >= 0.3 is 0 Å². The maximum Gasteiger partial charge on any atom is 0.123 e. The molecule has 132 valence electrons. The van der Waals surface area contributed by atoms with Crippen molar-refractivity contribution in [1.29, 1.82) is 0 Å². The van der Waals surface area contributed by atoms with Crippen molar-refractivity contribution in [3.63, 3.8) is 0 Å². The number of pyridine rings is 4. The molecule has 0 saturated heterocycles. The van der Waals surface area contributed by atoms with Gasteiger partial charge in [0.1, 0.15) is 5.82 Å². The molecular weight excluding hydrogens is 334 g/mol. The van der Waals surface area contributed by atoms with E-state index in [1.54, 1.807) is 24.7 Å². The van der Waals surface area contributed by atoms with E-state index in [0.717, 1.165) is 22.4 Å². The predicted octanol–water partition coefficient (Wildman–Crippen LogP) is 3.81. The van der Waals surface area contributed by atoms with Crippen LogP contribution in [0.1, 0.15) is 34.2 Å². The van der Waals surface area contributed by atoms with E-state index in [-0.39, 0.29) is 11.8 Å². The summed E-state index contributed by atoms with van der Waals surface area (Å²) < 4.78 is 0. The molecule has 1 unspecified atom stereocenters. The van der Waals surface area contributed by atoms with Gasteiger partial charge in [0.15, 0.2) is 0 Å². The summed E-state index contributed by atoms with van der Waals surface area (Å²) in [5.74, 6) is 0.402. The van der Waals surface area contributed by atoms with Gasteiger partial charge in [-0.15, -0.1) is 0 Å². The summed E-state index contributed by atoms with van der Waals surface area (Å²) in [6.07, 6.45) is 11.0. The zero-order chi connectivity index (χ0) is 18.5. The van der Waals surface area contributed by atoms with Crippen molar-refractivity contribution in [3.8, 4) is 0 Å². The van der Waals surface area contributed by atoms with Gasteiger partial charge in [-0.1, -0.05) is 24.3 Å². The summed E-state index contributed by atoms with van der Waals surface area (Å²) in [5, 5.41) is 0. The Morgan fingerprint density at radius 3 is 1.56 bits per heavy atom. The molecule has 0 radical (unpaired) electrons. The van der Waals surface area contributed by atoms with Crippen molar-refractivity contribution in [1.82, 2.24) is 19.9 Å². The summed E-state index contributed by atoms with van der Waals surface area (Å²) in [6, 6.07) is 17.8. The average molecular weight is 353 g/mol. The molecule has 0 spiro atoms. The number of rotatable bonds is 5. The fourth-order valence-electron chi connectivity index (χ4n) is 3.43. The van der Waals surface area contributed by atoms with E-state index in [4.69, 9.17) is 5.73 Å². The van der Waals surface area contributed by atoms with E-state index < -0.39 is 0 Å². The normalized spacial score (nSPS) is 12.0.